The fraction of sp³-hybridized carbons (Fsp3) is 0.625. The molecule has 21 heavy (non-hydrogen) atoms. The van der Waals surface area contributed by atoms with Gasteiger partial charge in [0.05, 0.1) is 14.2 Å². The summed E-state index contributed by atoms with van der Waals surface area (Å²) in [7, 11) is 5.17. The van der Waals surface area contributed by atoms with Crippen molar-refractivity contribution in [3.05, 3.63) is 22.5 Å². The molecule has 1 aromatic carbocycles. The van der Waals surface area contributed by atoms with Crippen molar-refractivity contribution >= 4 is 0 Å². The highest BCUT2D eigenvalue weighted by Gasteiger charge is 2.35. The van der Waals surface area contributed by atoms with Gasteiger partial charge in [0, 0.05) is 29.3 Å². The van der Waals surface area contributed by atoms with Crippen molar-refractivity contribution in [2.75, 3.05) is 34.4 Å². The average Bonchev–Trinajstić information content (AvgIpc) is 2.84. The third-order valence-electron chi connectivity index (χ3n) is 4.57. The quantitative estimate of drug-likeness (QED) is 0.927. The largest absolute Gasteiger partial charge is 0.496 e. The summed E-state index contributed by atoms with van der Waals surface area (Å²) >= 11 is 0. The van der Waals surface area contributed by atoms with Crippen LogP contribution in [0.5, 0.6) is 11.5 Å². The van der Waals surface area contributed by atoms with E-state index in [2.05, 4.69) is 11.9 Å². The Morgan fingerprint density at radius 3 is 2.29 bits per heavy atom. The molecule has 2 unspecified atom stereocenters. The SMILES string of the molecule is COc1c(C)c(C2CC(CN)CN2C)c(OC)c(C)c1F. The summed E-state index contributed by atoms with van der Waals surface area (Å²) in [6.45, 7) is 5.24. The molecule has 0 amide bonds. The van der Waals surface area contributed by atoms with Gasteiger partial charge in [-0.1, -0.05) is 0 Å². The van der Waals surface area contributed by atoms with Crippen LogP contribution in [0.3, 0.4) is 0 Å². The first-order chi connectivity index (χ1) is 9.96. The van der Waals surface area contributed by atoms with Gasteiger partial charge in [0.25, 0.3) is 0 Å². The Morgan fingerprint density at radius 2 is 1.81 bits per heavy atom. The molecule has 1 saturated heterocycles. The zero-order valence-corrected chi connectivity index (χ0v) is 13.5. The van der Waals surface area contributed by atoms with E-state index < -0.39 is 0 Å². The molecule has 118 valence electrons. The molecule has 1 aliphatic heterocycles. The Labute approximate surface area is 126 Å². The van der Waals surface area contributed by atoms with Gasteiger partial charge in [0.2, 0.25) is 0 Å². The number of hydrogen-bond donors (Lipinski definition) is 1. The van der Waals surface area contributed by atoms with Gasteiger partial charge >= 0.3 is 0 Å². The fourth-order valence-corrected chi connectivity index (χ4v) is 3.45. The minimum atomic E-state index is -0.341. The van der Waals surface area contributed by atoms with Crippen molar-refractivity contribution in [3.8, 4) is 11.5 Å². The number of rotatable bonds is 4. The Bertz CT molecular complexity index is 534. The monoisotopic (exact) mass is 296 g/mol. The molecule has 1 aromatic rings. The highest BCUT2D eigenvalue weighted by atomic mass is 19.1. The lowest BCUT2D eigenvalue weighted by Crippen LogP contribution is -2.21. The smallest absolute Gasteiger partial charge is 0.171 e. The minimum absolute atomic E-state index is 0.182. The number of hydrogen-bond acceptors (Lipinski definition) is 4. The Morgan fingerprint density at radius 1 is 1.19 bits per heavy atom. The van der Waals surface area contributed by atoms with Gasteiger partial charge in [-0.2, -0.15) is 0 Å². The van der Waals surface area contributed by atoms with Gasteiger partial charge in [0.15, 0.2) is 11.6 Å². The normalized spacial score (nSPS) is 22.6. The van der Waals surface area contributed by atoms with Crippen molar-refractivity contribution < 1.29 is 13.9 Å². The van der Waals surface area contributed by atoms with Crippen molar-refractivity contribution in [3.63, 3.8) is 0 Å². The summed E-state index contributed by atoms with van der Waals surface area (Å²) in [6.07, 6.45) is 0.957. The first kappa shape index (κ1) is 16.0. The number of methoxy groups -OCH3 is 2. The second kappa shape index (κ2) is 6.20. The van der Waals surface area contributed by atoms with Gasteiger partial charge in [-0.25, -0.2) is 4.39 Å². The lowest BCUT2D eigenvalue weighted by molar-refractivity contribution is 0.297. The van der Waals surface area contributed by atoms with Crippen LogP contribution in [-0.2, 0) is 0 Å². The van der Waals surface area contributed by atoms with Crippen LogP contribution in [0.25, 0.3) is 0 Å². The van der Waals surface area contributed by atoms with E-state index in [1.165, 1.54) is 7.11 Å². The Hall–Kier alpha value is -1.33. The van der Waals surface area contributed by atoms with Gasteiger partial charge in [-0.15, -0.1) is 0 Å². The molecular formula is C16H25FN2O2. The molecule has 1 heterocycles. The molecule has 0 radical (unpaired) electrons. The van der Waals surface area contributed by atoms with Gasteiger partial charge in [-0.3, -0.25) is 4.90 Å². The van der Waals surface area contributed by atoms with E-state index in [0.29, 0.717) is 29.5 Å². The number of halogens is 1. The van der Waals surface area contributed by atoms with Crippen LogP contribution in [-0.4, -0.2) is 39.3 Å². The standard InChI is InChI=1S/C16H25FN2O2/c1-9-13(12-6-11(7-18)8-19(12)3)15(20-4)10(2)14(17)16(9)21-5/h11-12H,6-8,18H2,1-5H3. The maximum Gasteiger partial charge on any atom is 0.171 e. The molecule has 2 rings (SSSR count). The number of likely N-dealkylation sites (tertiary alicyclic amines) is 1. The molecule has 0 saturated carbocycles. The van der Waals surface area contributed by atoms with Crippen molar-refractivity contribution in [1.29, 1.82) is 0 Å². The first-order valence-electron chi connectivity index (χ1n) is 7.27. The van der Waals surface area contributed by atoms with Gasteiger partial charge in [0.1, 0.15) is 5.75 Å². The van der Waals surface area contributed by atoms with E-state index in [-0.39, 0.29) is 11.9 Å². The Balaban J connectivity index is 2.59. The van der Waals surface area contributed by atoms with Crippen LogP contribution >= 0.6 is 0 Å². The van der Waals surface area contributed by atoms with Crippen molar-refractivity contribution in [2.45, 2.75) is 26.3 Å². The van der Waals surface area contributed by atoms with Crippen LogP contribution in [0, 0.1) is 25.6 Å². The van der Waals surface area contributed by atoms with E-state index in [0.717, 1.165) is 24.1 Å². The topological polar surface area (TPSA) is 47.7 Å². The van der Waals surface area contributed by atoms with Crippen LogP contribution in [0.4, 0.5) is 4.39 Å². The molecule has 5 heteroatoms. The maximum atomic E-state index is 14.4. The number of nitrogens with two attached hydrogens (primary N) is 1. The summed E-state index contributed by atoms with van der Waals surface area (Å²) in [5, 5.41) is 0. The molecular weight excluding hydrogens is 271 g/mol. The third-order valence-corrected chi connectivity index (χ3v) is 4.57. The first-order valence-corrected chi connectivity index (χ1v) is 7.27. The van der Waals surface area contributed by atoms with Crippen molar-refractivity contribution in [2.24, 2.45) is 11.7 Å². The van der Waals surface area contributed by atoms with Gasteiger partial charge in [-0.05, 0) is 39.8 Å². The van der Waals surface area contributed by atoms with E-state index in [1.807, 2.05) is 6.92 Å². The second-order valence-electron chi connectivity index (χ2n) is 5.84. The molecule has 2 atom stereocenters. The summed E-state index contributed by atoms with van der Waals surface area (Å²) in [5.41, 5.74) is 8.14. The molecule has 0 aromatic heterocycles. The second-order valence-corrected chi connectivity index (χ2v) is 5.84. The zero-order chi connectivity index (χ0) is 15.7. The summed E-state index contributed by atoms with van der Waals surface area (Å²) in [4.78, 5) is 2.26. The molecule has 0 aliphatic carbocycles. The van der Waals surface area contributed by atoms with Crippen LogP contribution in [0.15, 0.2) is 0 Å². The van der Waals surface area contributed by atoms with Crippen LogP contribution in [0.1, 0.15) is 29.2 Å². The molecule has 0 bridgehead atoms. The minimum Gasteiger partial charge on any atom is -0.496 e. The highest BCUT2D eigenvalue weighted by molar-refractivity contribution is 5.55. The number of nitrogens with zero attached hydrogens (tertiary/aromatic N) is 1. The van der Waals surface area contributed by atoms with Crippen LogP contribution in [0.2, 0.25) is 0 Å². The summed E-state index contributed by atoms with van der Waals surface area (Å²) in [5.74, 6) is 1.06. The van der Waals surface area contributed by atoms with E-state index in [4.69, 9.17) is 15.2 Å². The zero-order valence-electron chi connectivity index (χ0n) is 13.5. The number of benzene rings is 1. The average molecular weight is 296 g/mol. The predicted molar refractivity (Wildman–Crippen MR) is 81.5 cm³/mol. The molecule has 0 spiro atoms. The summed E-state index contributed by atoms with van der Waals surface area (Å²) in [6, 6.07) is 0.182. The fourth-order valence-electron chi connectivity index (χ4n) is 3.45. The maximum absolute atomic E-state index is 14.4. The van der Waals surface area contributed by atoms with E-state index >= 15 is 0 Å². The Kier molecular flexibility index (Phi) is 4.74. The third kappa shape index (κ3) is 2.60. The molecule has 1 aliphatic rings. The lowest BCUT2D eigenvalue weighted by atomic mass is 9.92. The molecule has 2 N–H and O–H groups in total. The van der Waals surface area contributed by atoms with Crippen LogP contribution < -0.4 is 15.2 Å². The molecule has 4 nitrogen and oxygen atoms in total. The number of ether oxygens (including phenoxy) is 2. The van der Waals surface area contributed by atoms with Crippen molar-refractivity contribution in [1.82, 2.24) is 4.90 Å². The predicted octanol–water partition coefficient (Wildman–Crippen LogP) is 2.41. The lowest BCUT2D eigenvalue weighted by Gasteiger charge is -2.26. The highest BCUT2D eigenvalue weighted by Crippen LogP contribution is 2.45. The summed E-state index contributed by atoms with van der Waals surface area (Å²) < 4.78 is 25.2. The molecule has 1 fully saturated rings. The van der Waals surface area contributed by atoms with E-state index in [1.54, 1.807) is 14.0 Å². The van der Waals surface area contributed by atoms with Gasteiger partial charge < -0.3 is 15.2 Å². The van der Waals surface area contributed by atoms with E-state index in [9.17, 15) is 4.39 Å².